The Bertz CT molecular complexity index is 451. The van der Waals surface area contributed by atoms with Crippen LogP contribution in [-0.2, 0) is 11.2 Å². The lowest BCUT2D eigenvalue weighted by Crippen LogP contribution is -2.26. The van der Waals surface area contributed by atoms with Crippen molar-refractivity contribution in [1.82, 2.24) is 0 Å². The first-order valence-corrected chi connectivity index (χ1v) is 5.20. The predicted octanol–water partition coefficient (Wildman–Crippen LogP) is 2.72. The highest BCUT2D eigenvalue weighted by atomic mass is 35.5. The molecule has 0 N–H and O–H groups in total. The molecule has 2 rings (SSSR count). The van der Waals surface area contributed by atoms with Crippen LogP contribution in [0.5, 0.6) is 0 Å². The van der Waals surface area contributed by atoms with Crippen LogP contribution < -0.4 is 4.90 Å². The number of carbonyl (C=O) groups is 1. The fraction of sp³-hybridized carbons (Fsp3) is 0.250. The highest BCUT2D eigenvalue weighted by Gasteiger charge is 2.22. The van der Waals surface area contributed by atoms with Gasteiger partial charge in [0, 0.05) is 12.7 Å². The Kier molecular flexibility index (Phi) is 2.53. The van der Waals surface area contributed by atoms with E-state index in [2.05, 4.69) is 0 Å². The van der Waals surface area contributed by atoms with E-state index in [0.29, 0.717) is 5.03 Å². The smallest absolute Gasteiger partial charge is 0.269 e. The maximum atomic E-state index is 11.9. The largest absolute Gasteiger partial charge is 0.310 e. The summed E-state index contributed by atoms with van der Waals surface area (Å²) in [5.74, 6) is -0.126. The predicted molar refractivity (Wildman–Crippen MR) is 62.1 cm³/mol. The average molecular weight is 222 g/mol. The van der Waals surface area contributed by atoms with Crippen LogP contribution in [0.25, 0.3) is 0 Å². The second kappa shape index (κ2) is 3.70. The van der Waals surface area contributed by atoms with Gasteiger partial charge in [-0.25, -0.2) is 0 Å². The minimum absolute atomic E-state index is 0.126. The minimum atomic E-state index is -0.126. The molecule has 1 aliphatic rings. The second-order valence-electron chi connectivity index (χ2n) is 3.76. The number of likely N-dealkylation sites (N-methyl/N-ethyl adjacent to an activating group) is 1. The van der Waals surface area contributed by atoms with Crippen molar-refractivity contribution in [2.75, 3.05) is 11.9 Å². The van der Waals surface area contributed by atoms with Gasteiger partial charge in [-0.2, -0.15) is 0 Å². The Labute approximate surface area is 94.2 Å². The number of benzene rings is 1. The zero-order valence-electron chi connectivity index (χ0n) is 8.75. The van der Waals surface area contributed by atoms with Crippen molar-refractivity contribution in [3.8, 4) is 0 Å². The van der Waals surface area contributed by atoms with Crippen molar-refractivity contribution in [3.05, 3.63) is 40.4 Å². The molecule has 1 aromatic carbocycles. The van der Waals surface area contributed by atoms with Gasteiger partial charge < -0.3 is 4.90 Å². The minimum Gasteiger partial charge on any atom is -0.310 e. The molecule has 1 amide bonds. The van der Waals surface area contributed by atoms with Crippen molar-refractivity contribution < 1.29 is 4.79 Å². The standard InChI is InChI=1S/C12H12ClNO/c1-8-7-9-5-3-4-6-10(9)14(2)12(15)11(8)13/h3-6H,7H2,1-2H3. The Morgan fingerprint density at radius 2 is 2.00 bits per heavy atom. The third-order valence-electron chi connectivity index (χ3n) is 2.68. The van der Waals surface area contributed by atoms with Gasteiger partial charge in [0.1, 0.15) is 5.03 Å². The van der Waals surface area contributed by atoms with E-state index in [1.165, 1.54) is 0 Å². The Morgan fingerprint density at radius 1 is 1.33 bits per heavy atom. The molecular formula is C12H12ClNO. The van der Waals surface area contributed by atoms with Crippen LogP contribution in [0.2, 0.25) is 0 Å². The molecule has 0 spiro atoms. The number of nitrogens with zero attached hydrogens (tertiary/aromatic N) is 1. The quantitative estimate of drug-likeness (QED) is 0.660. The normalized spacial score (nSPS) is 16.5. The monoisotopic (exact) mass is 221 g/mol. The second-order valence-corrected chi connectivity index (χ2v) is 4.14. The van der Waals surface area contributed by atoms with Gasteiger partial charge >= 0.3 is 0 Å². The van der Waals surface area contributed by atoms with E-state index >= 15 is 0 Å². The van der Waals surface area contributed by atoms with Crippen molar-refractivity contribution in [3.63, 3.8) is 0 Å². The summed E-state index contributed by atoms with van der Waals surface area (Å²) >= 11 is 6.00. The molecule has 0 atom stereocenters. The number of hydrogen-bond acceptors (Lipinski definition) is 1. The zero-order chi connectivity index (χ0) is 11.0. The number of fused-ring (bicyclic) bond motifs is 1. The first-order chi connectivity index (χ1) is 7.11. The molecule has 0 aromatic heterocycles. The summed E-state index contributed by atoms with van der Waals surface area (Å²) in [6, 6.07) is 7.87. The van der Waals surface area contributed by atoms with E-state index in [4.69, 9.17) is 11.6 Å². The van der Waals surface area contributed by atoms with E-state index in [9.17, 15) is 4.79 Å². The molecule has 0 bridgehead atoms. The molecule has 15 heavy (non-hydrogen) atoms. The van der Waals surface area contributed by atoms with Crippen molar-refractivity contribution in [1.29, 1.82) is 0 Å². The van der Waals surface area contributed by atoms with E-state index in [-0.39, 0.29) is 5.91 Å². The zero-order valence-corrected chi connectivity index (χ0v) is 9.51. The van der Waals surface area contributed by atoms with Gasteiger partial charge in [0.25, 0.3) is 5.91 Å². The molecule has 1 aliphatic heterocycles. The molecule has 0 radical (unpaired) electrons. The third kappa shape index (κ3) is 1.65. The van der Waals surface area contributed by atoms with E-state index in [1.807, 2.05) is 31.2 Å². The van der Waals surface area contributed by atoms with Gasteiger partial charge in [0.15, 0.2) is 0 Å². The van der Waals surface area contributed by atoms with Gasteiger partial charge in [0.05, 0.1) is 0 Å². The van der Waals surface area contributed by atoms with Gasteiger partial charge in [-0.1, -0.05) is 29.8 Å². The fourth-order valence-electron chi connectivity index (χ4n) is 1.79. The van der Waals surface area contributed by atoms with Crippen molar-refractivity contribution in [2.45, 2.75) is 13.3 Å². The number of carbonyl (C=O) groups excluding carboxylic acids is 1. The van der Waals surface area contributed by atoms with Crippen molar-refractivity contribution >= 4 is 23.2 Å². The number of allylic oxidation sites excluding steroid dienone is 1. The van der Waals surface area contributed by atoms with Crippen LogP contribution >= 0.6 is 11.6 Å². The summed E-state index contributed by atoms with van der Waals surface area (Å²) in [6.45, 7) is 1.90. The van der Waals surface area contributed by atoms with Crippen molar-refractivity contribution in [2.24, 2.45) is 0 Å². The van der Waals surface area contributed by atoms with Crippen LogP contribution in [0.1, 0.15) is 12.5 Å². The first kappa shape index (κ1) is 10.2. The summed E-state index contributed by atoms with van der Waals surface area (Å²) in [4.78, 5) is 13.5. The highest BCUT2D eigenvalue weighted by molar-refractivity contribution is 6.44. The Hall–Kier alpha value is -1.28. The maximum absolute atomic E-state index is 11.9. The molecule has 0 aliphatic carbocycles. The number of rotatable bonds is 0. The summed E-state index contributed by atoms with van der Waals surface area (Å²) in [7, 11) is 1.75. The number of hydrogen-bond donors (Lipinski definition) is 0. The lowest BCUT2D eigenvalue weighted by Gasteiger charge is -2.17. The van der Waals surface area contributed by atoms with Crippen LogP contribution in [0.4, 0.5) is 5.69 Å². The van der Waals surface area contributed by atoms with Gasteiger partial charge in [-0.3, -0.25) is 4.79 Å². The molecule has 0 unspecified atom stereocenters. The summed E-state index contributed by atoms with van der Waals surface area (Å²) < 4.78 is 0. The molecule has 2 nitrogen and oxygen atoms in total. The molecule has 0 fully saturated rings. The topological polar surface area (TPSA) is 20.3 Å². The van der Waals surface area contributed by atoms with Gasteiger partial charge in [0.2, 0.25) is 0 Å². The van der Waals surface area contributed by atoms with Crippen LogP contribution in [0.15, 0.2) is 34.9 Å². The van der Waals surface area contributed by atoms with E-state index in [0.717, 1.165) is 23.2 Å². The van der Waals surface area contributed by atoms with Gasteiger partial charge in [-0.15, -0.1) is 0 Å². The summed E-state index contributed by atoms with van der Waals surface area (Å²) in [6.07, 6.45) is 0.741. The molecule has 1 aromatic rings. The SMILES string of the molecule is CC1=C(Cl)C(=O)N(C)c2ccccc2C1. The summed E-state index contributed by atoms with van der Waals surface area (Å²) in [5, 5.41) is 0.341. The van der Waals surface area contributed by atoms with Crippen LogP contribution in [0, 0.1) is 0 Å². The Balaban J connectivity index is 2.59. The molecule has 1 heterocycles. The molecule has 0 saturated heterocycles. The van der Waals surface area contributed by atoms with E-state index in [1.54, 1.807) is 11.9 Å². The molecule has 3 heteroatoms. The fourth-order valence-corrected chi connectivity index (χ4v) is 1.98. The maximum Gasteiger partial charge on any atom is 0.269 e. The first-order valence-electron chi connectivity index (χ1n) is 4.82. The highest BCUT2D eigenvalue weighted by Crippen LogP contribution is 2.29. The average Bonchev–Trinajstić information content (AvgIpc) is 2.32. The van der Waals surface area contributed by atoms with Gasteiger partial charge in [-0.05, 0) is 30.5 Å². The molecular weight excluding hydrogens is 210 g/mol. The number of para-hydroxylation sites is 1. The number of anilines is 1. The van der Waals surface area contributed by atoms with E-state index < -0.39 is 0 Å². The molecule has 78 valence electrons. The Morgan fingerprint density at radius 3 is 2.73 bits per heavy atom. The molecule has 0 saturated carbocycles. The summed E-state index contributed by atoms with van der Waals surface area (Å²) in [5.41, 5.74) is 3.01. The number of halogens is 1. The van der Waals surface area contributed by atoms with Crippen LogP contribution in [0.3, 0.4) is 0 Å². The number of amides is 1. The lowest BCUT2D eigenvalue weighted by atomic mass is 10.1. The lowest BCUT2D eigenvalue weighted by molar-refractivity contribution is -0.114. The third-order valence-corrected chi connectivity index (χ3v) is 3.16. The van der Waals surface area contributed by atoms with Crippen LogP contribution in [-0.4, -0.2) is 13.0 Å².